The second kappa shape index (κ2) is 2.66. The summed E-state index contributed by atoms with van der Waals surface area (Å²) in [4.78, 5) is 0. The molecule has 0 radical (unpaired) electrons. The maximum atomic E-state index is 6.99. The maximum absolute atomic E-state index is 6.99. The highest BCUT2D eigenvalue weighted by molar-refractivity contribution is 6.58. The first-order chi connectivity index (χ1) is 4.30. The van der Waals surface area contributed by atoms with Gasteiger partial charge in [-0.25, -0.2) is 0 Å². The zero-order valence-corrected chi connectivity index (χ0v) is 4.96. The maximum Gasteiger partial charge on any atom is 0.948 e. The molecule has 0 saturated heterocycles. The highest BCUT2D eigenvalue weighted by Gasteiger charge is 2.32. The van der Waals surface area contributed by atoms with E-state index >= 15 is 0 Å². The van der Waals surface area contributed by atoms with E-state index in [4.69, 9.17) is 10.0 Å². The SMILES string of the molecule is [OH2+]B([OH2+])c1ccccc1. The Morgan fingerprint density at radius 1 is 1.00 bits per heavy atom. The van der Waals surface area contributed by atoms with Crippen LogP contribution >= 0.6 is 0 Å². The molecule has 0 bridgehead atoms. The van der Waals surface area contributed by atoms with Crippen molar-refractivity contribution in [3.63, 3.8) is 0 Å². The minimum absolute atomic E-state index is 0.748. The van der Waals surface area contributed by atoms with Crippen molar-refractivity contribution in [2.45, 2.75) is 0 Å². The molecule has 1 aromatic carbocycles. The molecule has 1 rings (SSSR count). The van der Waals surface area contributed by atoms with Crippen LogP contribution in [0.3, 0.4) is 0 Å². The molecule has 9 heavy (non-hydrogen) atoms. The summed E-state index contributed by atoms with van der Waals surface area (Å²) in [7, 11) is -0.841. The average molecular weight is 124 g/mol. The standard InChI is InChI=1S/C6H7BO2/c8-7(9)6-4-2-1-3-5-6/h1-5,8-9H/p+2. The summed E-state index contributed by atoms with van der Waals surface area (Å²) in [6.07, 6.45) is 0. The van der Waals surface area contributed by atoms with E-state index in [0.29, 0.717) is 0 Å². The smallest absolute Gasteiger partial charge is 0.470 e. The van der Waals surface area contributed by atoms with Crippen LogP contribution in [0.2, 0.25) is 0 Å². The third-order valence-electron chi connectivity index (χ3n) is 1.13. The van der Waals surface area contributed by atoms with Crippen molar-refractivity contribution in [3.05, 3.63) is 30.3 Å². The van der Waals surface area contributed by atoms with Crippen molar-refractivity contribution >= 4 is 12.6 Å². The van der Waals surface area contributed by atoms with Gasteiger partial charge < -0.3 is 10.0 Å². The third kappa shape index (κ3) is 1.55. The zero-order chi connectivity index (χ0) is 6.69. The highest BCUT2D eigenvalue weighted by Crippen LogP contribution is 1.82. The van der Waals surface area contributed by atoms with E-state index < -0.39 is 7.12 Å². The van der Waals surface area contributed by atoms with E-state index in [2.05, 4.69) is 0 Å². The van der Waals surface area contributed by atoms with Crippen molar-refractivity contribution in [3.8, 4) is 0 Å². The number of hydrogen-bond acceptors (Lipinski definition) is 0. The summed E-state index contributed by atoms with van der Waals surface area (Å²) in [5.41, 5.74) is 0.748. The average Bonchev–Trinajstić information content (AvgIpc) is 1.90. The summed E-state index contributed by atoms with van der Waals surface area (Å²) < 4.78 is 0. The lowest BCUT2D eigenvalue weighted by Crippen LogP contribution is -2.29. The van der Waals surface area contributed by atoms with Crippen molar-refractivity contribution < 1.29 is 10.0 Å². The van der Waals surface area contributed by atoms with Gasteiger partial charge in [-0.3, -0.25) is 0 Å². The summed E-state index contributed by atoms with van der Waals surface area (Å²) in [6.45, 7) is 0. The Morgan fingerprint density at radius 2 is 1.56 bits per heavy atom. The lowest BCUT2D eigenvalue weighted by atomic mass is 9.81. The second-order valence-electron chi connectivity index (χ2n) is 1.84. The van der Waals surface area contributed by atoms with E-state index in [0.717, 1.165) is 5.46 Å². The first kappa shape index (κ1) is 6.33. The minimum atomic E-state index is -0.841. The summed E-state index contributed by atoms with van der Waals surface area (Å²) >= 11 is 0. The van der Waals surface area contributed by atoms with Gasteiger partial charge in [0.1, 0.15) is 5.46 Å². The van der Waals surface area contributed by atoms with E-state index in [1.165, 1.54) is 0 Å². The molecule has 0 aliphatic carbocycles. The Morgan fingerprint density at radius 3 is 1.89 bits per heavy atom. The summed E-state index contributed by atoms with van der Waals surface area (Å²) in [5, 5.41) is 14.0. The molecule has 3 heteroatoms. The lowest BCUT2D eigenvalue weighted by Gasteiger charge is -1.83. The third-order valence-corrected chi connectivity index (χ3v) is 1.13. The van der Waals surface area contributed by atoms with Gasteiger partial charge in [-0.15, -0.1) is 0 Å². The van der Waals surface area contributed by atoms with Gasteiger partial charge in [0.05, 0.1) is 0 Å². The van der Waals surface area contributed by atoms with E-state index in [1.807, 2.05) is 18.2 Å². The van der Waals surface area contributed by atoms with Gasteiger partial charge in [-0.05, 0) is 12.1 Å². The molecule has 0 spiro atoms. The first-order valence-corrected chi connectivity index (χ1v) is 2.78. The van der Waals surface area contributed by atoms with E-state index in [1.54, 1.807) is 12.1 Å². The van der Waals surface area contributed by atoms with Crippen LogP contribution in [-0.4, -0.2) is 17.2 Å². The zero-order valence-electron chi connectivity index (χ0n) is 4.96. The summed E-state index contributed by atoms with van der Waals surface area (Å²) in [5.74, 6) is 0. The minimum Gasteiger partial charge on any atom is -0.470 e. The monoisotopic (exact) mass is 124 g/mol. The predicted octanol–water partition coefficient (Wildman–Crippen LogP) is -1.17. The Balaban J connectivity index is 2.85. The number of rotatable bonds is 1. The van der Waals surface area contributed by atoms with E-state index in [9.17, 15) is 0 Å². The van der Waals surface area contributed by atoms with Gasteiger partial charge in [-0.2, -0.15) is 0 Å². The molecular weight excluding hydrogens is 115 g/mol. The quantitative estimate of drug-likeness (QED) is 0.334. The second-order valence-corrected chi connectivity index (χ2v) is 1.84. The molecule has 2 nitrogen and oxygen atoms in total. The number of benzene rings is 1. The molecule has 0 aliphatic rings. The predicted molar refractivity (Wildman–Crippen MR) is 39.1 cm³/mol. The van der Waals surface area contributed by atoms with Crippen LogP contribution in [0.5, 0.6) is 0 Å². The fourth-order valence-electron chi connectivity index (χ4n) is 0.645. The van der Waals surface area contributed by atoms with E-state index in [-0.39, 0.29) is 0 Å². The molecule has 0 fully saturated rings. The van der Waals surface area contributed by atoms with Crippen LogP contribution in [0.1, 0.15) is 0 Å². The van der Waals surface area contributed by atoms with Gasteiger partial charge in [0.15, 0.2) is 0 Å². The number of hydrogen-bond donors (Lipinski definition) is 0. The molecule has 0 atom stereocenters. The normalized spacial score (nSPS) is 9.11. The van der Waals surface area contributed by atoms with Crippen LogP contribution in [-0.2, 0) is 0 Å². The fourth-order valence-corrected chi connectivity index (χ4v) is 0.645. The first-order valence-electron chi connectivity index (χ1n) is 2.78. The molecule has 0 aromatic heterocycles. The topological polar surface area (TPSA) is 45.8 Å². The van der Waals surface area contributed by atoms with Gasteiger partial charge in [-0.1, -0.05) is 18.2 Å². The van der Waals surface area contributed by atoms with Gasteiger partial charge >= 0.3 is 7.12 Å². The molecule has 1 aromatic rings. The Labute approximate surface area is 53.9 Å². The molecule has 4 N–H and O–H groups in total. The Kier molecular flexibility index (Phi) is 1.87. The highest BCUT2D eigenvalue weighted by atomic mass is 16.4. The van der Waals surface area contributed by atoms with Crippen molar-refractivity contribution in [2.75, 3.05) is 0 Å². The molecule has 0 heterocycles. The molecule has 46 valence electrons. The Bertz CT molecular complexity index is 174. The molecular formula is C6H9BO2+2. The van der Waals surface area contributed by atoms with Crippen LogP contribution in [0.4, 0.5) is 0 Å². The summed E-state index contributed by atoms with van der Waals surface area (Å²) in [6, 6.07) is 9.12. The van der Waals surface area contributed by atoms with Crippen molar-refractivity contribution in [1.29, 1.82) is 0 Å². The lowest BCUT2D eigenvalue weighted by molar-refractivity contribution is 0.426. The van der Waals surface area contributed by atoms with Gasteiger partial charge in [0, 0.05) is 0 Å². The molecule has 0 saturated carbocycles. The Hall–Kier alpha value is -0.795. The van der Waals surface area contributed by atoms with Gasteiger partial charge in [0.2, 0.25) is 0 Å². The fraction of sp³-hybridized carbons (Fsp3) is 0. The molecule has 0 aliphatic heterocycles. The van der Waals surface area contributed by atoms with Crippen LogP contribution in [0, 0.1) is 0 Å². The van der Waals surface area contributed by atoms with Gasteiger partial charge in [0.25, 0.3) is 0 Å². The van der Waals surface area contributed by atoms with Crippen molar-refractivity contribution in [2.24, 2.45) is 0 Å². The van der Waals surface area contributed by atoms with Crippen LogP contribution in [0.15, 0.2) is 30.3 Å². The largest absolute Gasteiger partial charge is 0.948 e. The van der Waals surface area contributed by atoms with Crippen molar-refractivity contribution in [1.82, 2.24) is 0 Å². The molecule has 0 unspecified atom stereocenters. The molecule has 0 amide bonds. The van der Waals surface area contributed by atoms with Crippen LogP contribution < -0.4 is 5.46 Å². The van der Waals surface area contributed by atoms with Crippen LogP contribution in [0.25, 0.3) is 0 Å².